The van der Waals surface area contributed by atoms with Gasteiger partial charge in [-0.1, -0.05) is 164 Å². The van der Waals surface area contributed by atoms with Crippen LogP contribution in [0.4, 0.5) is 0 Å². The summed E-state index contributed by atoms with van der Waals surface area (Å²) in [5.41, 5.74) is 20.7. The van der Waals surface area contributed by atoms with Crippen LogP contribution in [0.1, 0.15) is 0 Å². The van der Waals surface area contributed by atoms with Gasteiger partial charge in [0.1, 0.15) is 11.2 Å². The van der Waals surface area contributed by atoms with Crippen molar-refractivity contribution in [2.45, 2.75) is 0 Å². The molecule has 0 atom stereocenters. The van der Waals surface area contributed by atoms with E-state index in [0.717, 1.165) is 33.3 Å². The van der Waals surface area contributed by atoms with Crippen molar-refractivity contribution < 1.29 is 4.42 Å². The van der Waals surface area contributed by atoms with Crippen LogP contribution in [0.25, 0.3) is 133 Å². The average molecular weight is 879 g/mol. The van der Waals surface area contributed by atoms with Crippen LogP contribution in [-0.4, -0.2) is 9.13 Å². The Balaban J connectivity index is 0.878. The third-order valence-electron chi connectivity index (χ3n) is 14.1. The first kappa shape index (κ1) is 39.0. The van der Waals surface area contributed by atoms with Crippen LogP contribution in [-0.2, 0) is 0 Å². The van der Waals surface area contributed by atoms with Gasteiger partial charge in [-0.2, -0.15) is 0 Å². The predicted octanol–water partition coefficient (Wildman–Crippen LogP) is 18.1. The van der Waals surface area contributed by atoms with E-state index in [9.17, 15) is 0 Å². The van der Waals surface area contributed by atoms with Gasteiger partial charge in [-0.05, 0) is 147 Å². The molecule has 0 aliphatic rings. The lowest BCUT2D eigenvalue weighted by Gasteiger charge is -2.13. The summed E-state index contributed by atoms with van der Waals surface area (Å²) in [6.45, 7) is 0. The minimum absolute atomic E-state index is 0.905. The van der Waals surface area contributed by atoms with E-state index in [1.807, 2.05) is 12.1 Å². The Hall–Kier alpha value is -9.18. The van der Waals surface area contributed by atoms with Crippen LogP contribution in [0.5, 0.6) is 0 Å². The summed E-state index contributed by atoms with van der Waals surface area (Å²) in [4.78, 5) is 0. The molecule has 3 nitrogen and oxygen atoms in total. The second-order valence-electron chi connectivity index (χ2n) is 18.1. The monoisotopic (exact) mass is 878 g/mol. The summed E-state index contributed by atoms with van der Waals surface area (Å²) in [6.07, 6.45) is 0. The molecule has 14 aromatic rings. The van der Waals surface area contributed by atoms with Gasteiger partial charge in [0.05, 0.1) is 22.1 Å². The molecule has 14 rings (SSSR count). The molecule has 0 radical (unpaired) electrons. The number of aromatic nitrogens is 2. The zero-order valence-corrected chi connectivity index (χ0v) is 37.6. The fourth-order valence-electron chi connectivity index (χ4n) is 10.9. The van der Waals surface area contributed by atoms with Crippen LogP contribution >= 0.6 is 0 Å². The van der Waals surface area contributed by atoms with Crippen molar-refractivity contribution in [3.63, 3.8) is 0 Å². The lowest BCUT2D eigenvalue weighted by molar-refractivity contribution is 0.669. The number of rotatable bonds is 7. The van der Waals surface area contributed by atoms with Crippen molar-refractivity contribution >= 4 is 65.6 Å². The van der Waals surface area contributed by atoms with Crippen LogP contribution < -0.4 is 0 Å². The van der Waals surface area contributed by atoms with Gasteiger partial charge in [0.25, 0.3) is 0 Å². The first-order valence-corrected chi connectivity index (χ1v) is 23.6. The lowest BCUT2D eigenvalue weighted by atomic mass is 9.92. The van der Waals surface area contributed by atoms with Gasteiger partial charge in [0.15, 0.2) is 0 Å². The fraction of sp³-hybridized carbons (Fsp3) is 0. The molecule has 0 unspecified atom stereocenters. The van der Waals surface area contributed by atoms with Crippen LogP contribution in [0.15, 0.2) is 259 Å². The van der Waals surface area contributed by atoms with E-state index in [0.29, 0.717) is 0 Å². The Morgan fingerprint density at radius 3 is 1.33 bits per heavy atom. The van der Waals surface area contributed by atoms with Crippen LogP contribution in [0, 0.1) is 0 Å². The molecular weight excluding hydrogens is 837 g/mol. The Morgan fingerprint density at radius 1 is 0.217 bits per heavy atom. The van der Waals surface area contributed by atoms with Crippen molar-refractivity contribution in [1.82, 2.24) is 9.13 Å². The highest BCUT2D eigenvalue weighted by Gasteiger charge is 2.18. The molecule has 0 saturated heterocycles. The van der Waals surface area contributed by atoms with Gasteiger partial charge < -0.3 is 13.6 Å². The third-order valence-corrected chi connectivity index (χ3v) is 14.1. The Morgan fingerprint density at radius 2 is 0.638 bits per heavy atom. The molecule has 0 spiro atoms. The molecule has 0 bridgehead atoms. The molecule has 0 saturated carbocycles. The first-order chi connectivity index (χ1) is 34.2. The maximum Gasteiger partial charge on any atom is 0.135 e. The van der Waals surface area contributed by atoms with Gasteiger partial charge in [-0.3, -0.25) is 0 Å². The van der Waals surface area contributed by atoms with Crippen molar-refractivity contribution in [2.75, 3.05) is 0 Å². The molecule has 0 amide bonds. The van der Waals surface area contributed by atoms with E-state index in [1.54, 1.807) is 0 Å². The van der Waals surface area contributed by atoms with E-state index in [-0.39, 0.29) is 0 Å². The molecule has 0 aliphatic heterocycles. The maximum absolute atomic E-state index is 6.20. The largest absolute Gasteiger partial charge is 0.456 e. The average Bonchev–Trinajstić information content (AvgIpc) is 4.08. The summed E-state index contributed by atoms with van der Waals surface area (Å²) in [7, 11) is 0. The fourth-order valence-corrected chi connectivity index (χ4v) is 10.9. The van der Waals surface area contributed by atoms with Crippen molar-refractivity contribution in [3.8, 4) is 67.0 Å². The molecule has 69 heavy (non-hydrogen) atoms. The Kier molecular flexibility index (Phi) is 8.90. The molecule has 3 heteroatoms. The quantitative estimate of drug-likeness (QED) is 0.156. The number of furan rings is 1. The van der Waals surface area contributed by atoms with Crippen molar-refractivity contribution in [1.29, 1.82) is 0 Å². The highest BCUT2D eigenvalue weighted by atomic mass is 16.3. The van der Waals surface area contributed by atoms with Crippen LogP contribution in [0.2, 0.25) is 0 Å². The number of hydrogen-bond donors (Lipinski definition) is 0. The van der Waals surface area contributed by atoms with Gasteiger partial charge in [-0.15, -0.1) is 0 Å². The van der Waals surface area contributed by atoms with E-state index in [4.69, 9.17) is 4.42 Å². The summed E-state index contributed by atoms with van der Waals surface area (Å²) in [5.74, 6) is 0. The van der Waals surface area contributed by atoms with E-state index >= 15 is 0 Å². The maximum atomic E-state index is 6.20. The zero-order valence-electron chi connectivity index (χ0n) is 37.6. The zero-order chi connectivity index (χ0) is 45.4. The second kappa shape index (κ2) is 15.7. The lowest BCUT2D eigenvalue weighted by Crippen LogP contribution is -1.94. The molecule has 3 aromatic heterocycles. The van der Waals surface area contributed by atoms with Gasteiger partial charge >= 0.3 is 0 Å². The first-order valence-electron chi connectivity index (χ1n) is 23.6. The molecule has 0 aliphatic carbocycles. The third kappa shape index (κ3) is 6.43. The Labute approximate surface area is 399 Å². The molecule has 3 heterocycles. The summed E-state index contributed by atoms with van der Waals surface area (Å²) in [5, 5.41) is 7.16. The number of para-hydroxylation sites is 3. The highest BCUT2D eigenvalue weighted by Crippen LogP contribution is 2.41. The molecular formula is C66H42N2O. The highest BCUT2D eigenvalue weighted by molar-refractivity contribution is 6.14. The van der Waals surface area contributed by atoms with E-state index in [1.165, 1.54) is 99.2 Å². The second-order valence-corrected chi connectivity index (χ2v) is 18.1. The summed E-state index contributed by atoms with van der Waals surface area (Å²) >= 11 is 0. The minimum atomic E-state index is 0.905. The van der Waals surface area contributed by atoms with Gasteiger partial charge in [0, 0.05) is 43.7 Å². The smallest absolute Gasteiger partial charge is 0.135 e. The number of benzene rings is 11. The standard InChI is InChI=1S/C66H42N2O/c1-3-15-43(16-4-1)53-23-7-8-24-54(53)50-19-13-17-44(37-50)45-18-14-22-52(38-45)68-61-27-11-9-25-55(61)57-39-46(29-33-62(57)68)47-30-34-63-58(40-47)59-41-48(31-35-64(59)67(63)51-20-5-2-6-21-51)49-32-36-66-60(42-49)56-26-10-12-28-65(56)69-66/h1-42H. The predicted molar refractivity (Wildman–Crippen MR) is 290 cm³/mol. The topological polar surface area (TPSA) is 23.0 Å². The summed E-state index contributed by atoms with van der Waals surface area (Å²) < 4.78 is 11.0. The van der Waals surface area contributed by atoms with E-state index < -0.39 is 0 Å². The molecule has 0 fully saturated rings. The van der Waals surface area contributed by atoms with Crippen molar-refractivity contribution in [2.24, 2.45) is 0 Å². The number of fused-ring (bicyclic) bond motifs is 9. The SMILES string of the molecule is c1ccc(-c2ccccc2-c2cccc(-c3cccc(-n4c5ccccc5c5cc(-c6ccc7c(c6)c6cc(-c8ccc9oc%10ccccc%10c9c8)ccc6n7-c6ccccc6)ccc54)c3)c2)cc1. The van der Waals surface area contributed by atoms with Crippen molar-refractivity contribution in [3.05, 3.63) is 255 Å². The normalized spacial score (nSPS) is 11.8. The number of hydrogen-bond acceptors (Lipinski definition) is 1. The molecule has 11 aromatic carbocycles. The number of nitrogens with zero attached hydrogens (tertiary/aromatic N) is 2. The van der Waals surface area contributed by atoms with Crippen LogP contribution in [0.3, 0.4) is 0 Å². The van der Waals surface area contributed by atoms with E-state index in [2.05, 4.69) is 252 Å². The Bertz CT molecular complexity index is 4300. The minimum Gasteiger partial charge on any atom is -0.456 e. The molecule has 0 N–H and O–H groups in total. The molecule has 322 valence electrons. The van der Waals surface area contributed by atoms with Gasteiger partial charge in [0.2, 0.25) is 0 Å². The summed E-state index contributed by atoms with van der Waals surface area (Å²) in [6, 6.07) is 92.6. The van der Waals surface area contributed by atoms with Gasteiger partial charge in [-0.25, -0.2) is 0 Å².